The molecule has 0 atom stereocenters. The number of para-hydroxylation sites is 1. The molecule has 8 nitrogen and oxygen atoms in total. The third-order valence-electron chi connectivity index (χ3n) is 3.73. The van der Waals surface area contributed by atoms with Gasteiger partial charge in [0.1, 0.15) is 0 Å². The van der Waals surface area contributed by atoms with Gasteiger partial charge < -0.3 is 26.0 Å². The summed E-state index contributed by atoms with van der Waals surface area (Å²) in [7, 11) is 1.35. The van der Waals surface area contributed by atoms with Crippen molar-refractivity contribution < 1.29 is 19.1 Å². The second-order valence-corrected chi connectivity index (χ2v) is 5.94. The highest BCUT2D eigenvalue weighted by Crippen LogP contribution is 2.15. The third-order valence-corrected chi connectivity index (χ3v) is 3.73. The van der Waals surface area contributed by atoms with Crippen LogP contribution in [0.25, 0.3) is 0 Å². The van der Waals surface area contributed by atoms with Crippen molar-refractivity contribution in [3.63, 3.8) is 0 Å². The number of hydrogen-bond acceptors (Lipinski definition) is 4. The lowest BCUT2D eigenvalue weighted by Gasteiger charge is -2.10. The minimum atomic E-state index is -0.376. The van der Waals surface area contributed by atoms with Crippen molar-refractivity contribution >= 4 is 35.1 Å². The average Bonchev–Trinajstić information content (AvgIpc) is 2.68. The zero-order valence-electron chi connectivity index (χ0n) is 15.7. The zero-order valence-corrected chi connectivity index (χ0v) is 15.7. The van der Waals surface area contributed by atoms with Gasteiger partial charge >= 0.3 is 18.0 Å². The number of benzene rings is 2. The number of rotatable bonds is 8. The highest BCUT2D eigenvalue weighted by Gasteiger charge is 2.06. The van der Waals surface area contributed by atoms with Crippen LogP contribution in [0.1, 0.15) is 19.3 Å². The molecule has 0 heterocycles. The van der Waals surface area contributed by atoms with Crippen LogP contribution >= 0.6 is 0 Å². The molecule has 28 heavy (non-hydrogen) atoms. The van der Waals surface area contributed by atoms with Gasteiger partial charge in [-0.2, -0.15) is 0 Å². The number of unbranched alkanes of at least 4 members (excludes halogenated alkanes) is 1. The second kappa shape index (κ2) is 11.2. The normalized spacial score (nSPS) is 9.89. The van der Waals surface area contributed by atoms with Gasteiger partial charge in [0.15, 0.2) is 0 Å². The predicted octanol–water partition coefficient (Wildman–Crippen LogP) is 3.80. The average molecular weight is 384 g/mol. The molecule has 0 saturated carbocycles. The lowest BCUT2D eigenvalue weighted by atomic mass is 10.2. The molecular weight excluding hydrogens is 360 g/mol. The van der Waals surface area contributed by atoms with E-state index in [1.807, 2.05) is 18.2 Å². The topological polar surface area (TPSA) is 109 Å². The third kappa shape index (κ3) is 7.77. The summed E-state index contributed by atoms with van der Waals surface area (Å²) >= 11 is 0. The Morgan fingerprint density at radius 2 is 1.39 bits per heavy atom. The monoisotopic (exact) mass is 384 g/mol. The van der Waals surface area contributed by atoms with E-state index < -0.39 is 0 Å². The van der Waals surface area contributed by atoms with Crippen molar-refractivity contribution in [2.45, 2.75) is 19.3 Å². The summed E-state index contributed by atoms with van der Waals surface area (Å²) in [6.07, 6.45) is 1.64. The Morgan fingerprint density at radius 3 is 2.07 bits per heavy atom. The number of nitrogens with one attached hydrogen (secondary N) is 4. The van der Waals surface area contributed by atoms with E-state index >= 15 is 0 Å². The number of urea groups is 2. The van der Waals surface area contributed by atoms with Gasteiger partial charge in [-0.05, 0) is 43.2 Å². The highest BCUT2D eigenvalue weighted by molar-refractivity contribution is 6.00. The standard InChI is InChI=1S/C20H24N4O4/c1-28-18(25)12-5-6-13-21-19(26)23-16-10-7-11-17(14-16)24-20(27)22-15-8-3-2-4-9-15/h2-4,7-11,14H,5-6,12-13H2,1H3,(H2,21,23,26)(H2,22,24,27). The molecule has 0 bridgehead atoms. The van der Waals surface area contributed by atoms with E-state index in [-0.39, 0.29) is 18.0 Å². The van der Waals surface area contributed by atoms with E-state index in [0.29, 0.717) is 42.9 Å². The van der Waals surface area contributed by atoms with Crippen molar-refractivity contribution in [2.24, 2.45) is 0 Å². The lowest BCUT2D eigenvalue weighted by molar-refractivity contribution is -0.140. The van der Waals surface area contributed by atoms with Crippen LogP contribution < -0.4 is 21.3 Å². The summed E-state index contributed by atoms with van der Waals surface area (Å²) in [6, 6.07) is 15.2. The van der Waals surface area contributed by atoms with Gasteiger partial charge in [0, 0.05) is 30.0 Å². The van der Waals surface area contributed by atoms with Crippen LogP contribution in [0.3, 0.4) is 0 Å². The molecule has 2 rings (SSSR count). The van der Waals surface area contributed by atoms with E-state index in [1.54, 1.807) is 36.4 Å². The number of carbonyl (C=O) groups is 3. The second-order valence-electron chi connectivity index (χ2n) is 5.94. The Labute approximate surface area is 163 Å². The lowest BCUT2D eigenvalue weighted by Crippen LogP contribution is -2.29. The molecule has 0 aromatic heterocycles. The quantitative estimate of drug-likeness (QED) is 0.410. The molecule has 2 aromatic rings. The SMILES string of the molecule is COC(=O)CCCCNC(=O)Nc1cccc(NC(=O)Nc2ccccc2)c1. The number of anilines is 3. The molecule has 0 spiro atoms. The maximum Gasteiger partial charge on any atom is 0.323 e. The molecule has 0 fully saturated rings. The fourth-order valence-electron chi connectivity index (χ4n) is 2.36. The van der Waals surface area contributed by atoms with Crippen molar-refractivity contribution in [1.29, 1.82) is 0 Å². The summed E-state index contributed by atoms with van der Waals surface area (Å²) in [6.45, 7) is 0.445. The summed E-state index contributed by atoms with van der Waals surface area (Å²) in [5.74, 6) is -0.259. The van der Waals surface area contributed by atoms with Crippen LogP contribution in [-0.2, 0) is 9.53 Å². The van der Waals surface area contributed by atoms with Crippen LogP contribution in [0, 0.1) is 0 Å². The van der Waals surface area contributed by atoms with E-state index in [4.69, 9.17) is 0 Å². The number of carbonyl (C=O) groups excluding carboxylic acids is 3. The highest BCUT2D eigenvalue weighted by atomic mass is 16.5. The van der Waals surface area contributed by atoms with Crippen LogP contribution in [-0.4, -0.2) is 31.7 Å². The van der Waals surface area contributed by atoms with Gasteiger partial charge in [-0.15, -0.1) is 0 Å². The van der Waals surface area contributed by atoms with Gasteiger partial charge in [0.25, 0.3) is 0 Å². The zero-order chi connectivity index (χ0) is 20.2. The molecule has 0 aliphatic heterocycles. The molecule has 4 amide bonds. The Morgan fingerprint density at radius 1 is 0.786 bits per heavy atom. The summed E-state index contributed by atoms with van der Waals surface area (Å²) in [4.78, 5) is 35.0. The van der Waals surface area contributed by atoms with Gasteiger partial charge in [-0.1, -0.05) is 24.3 Å². The van der Waals surface area contributed by atoms with Crippen molar-refractivity contribution in [2.75, 3.05) is 29.6 Å². The first-order valence-electron chi connectivity index (χ1n) is 8.91. The van der Waals surface area contributed by atoms with Crippen molar-refractivity contribution in [3.8, 4) is 0 Å². The molecular formula is C20H24N4O4. The molecule has 2 aromatic carbocycles. The molecule has 0 aliphatic carbocycles. The van der Waals surface area contributed by atoms with Gasteiger partial charge in [-0.3, -0.25) is 4.79 Å². The summed E-state index contributed by atoms with van der Waals surface area (Å²) in [5, 5.41) is 10.9. The van der Waals surface area contributed by atoms with Crippen LogP contribution in [0.5, 0.6) is 0 Å². The Kier molecular flexibility index (Phi) is 8.32. The molecule has 0 aliphatic rings. The van der Waals surface area contributed by atoms with Crippen LogP contribution in [0.4, 0.5) is 26.7 Å². The van der Waals surface area contributed by atoms with Crippen molar-refractivity contribution in [3.05, 3.63) is 54.6 Å². The number of hydrogen-bond donors (Lipinski definition) is 4. The Hall–Kier alpha value is -3.55. The first-order valence-corrected chi connectivity index (χ1v) is 8.91. The molecule has 4 N–H and O–H groups in total. The first kappa shape index (κ1) is 20.8. The smallest absolute Gasteiger partial charge is 0.323 e. The maximum absolute atomic E-state index is 12.0. The minimum Gasteiger partial charge on any atom is -0.469 e. The fraction of sp³-hybridized carbons (Fsp3) is 0.250. The van der Waals surface area contributed by atoms with Gasteiger partial charge in [-0.25, -0.2) is 9.59 Å². The van der Waals surface area contributed by atoms with Gasteiger partial charge in [0.2, 0.25) is 0 Å². The summed E-state index contributed by atoms with van der Waals surface area (Å²) in [5.41, 5.74) is 1.77. The molecule has 8 heteroatoms. The largest absolute Gasteiger partial charge is 0.469 e. The Bertz CT molecular complexity index is 796. The number of methoxy groups -OCH3 is 1. The molecule has 148 valence electrons. The van der Waals surface area contributed by atoms with E-state index in [0.717, 1.165) is 0 Å². The minimum absolute atomic E-state index is 0.259. The van der Waals surface area contributed by atoms with E-state index in [2.05, 4.69) is 26.0 Å². The maximum atomic E-state index is 12.0. The van der Waals surface area contributed by atoms with Crippen LogP contribution in [0.15, 0.2) is 54.6 Å². The first-order chi connectivity index (χ1) is 13.6. The number of ether oxygens (including phenoxy) is 1. The fourth-order valence-corrected chi connectivity index (χ4v) is 2.36. The predicted molar refractivity (Wildman–Crippen MR) is 108 cm³/mol. The van der Waals surface area contributed by atoms with E-state index in [1.165, 1.54) is 7.11 Å². The van der Waals surface area contributed by atoms with E-state index in [9.17, 15) is 14.4 Å². The van der Waals surface area contributed by atoms with Crippen LogP contribution in [0.2, 0.25) is 0 Å². The Balaban J connectivity index is 1.75. The van der Waals surface area contributed by atoms with Gasteiger partial charge in [0.05, 0.1) is 7.11 Å². The molecule has 0 unspecified atom stereocenters. The number of esters is 1. The number of amides is 4. The molecule has 0 saturated heterocycles. The van der Waals surface area contributed by atoms with Crippen molar-refractivity contribution in [1.82, 2.24) is 5.32 Å². The summed E-state index contributed by atoms with van der Waals surface area (Å²) < 4.78 is 4.56. The molecule has 0 radical (unpaired) electrons.